The van der Waals surface area contributed by atoms with E-state index in [9.17, 15) is 18.1 Å². The summed E-state index contributed by atoms with van der Waals surface area (Å²) in [5, 5.41) is 9.31. The standard InChI is InChI=1S/C21H44O4S.Na/c1-3-5-6-7-8-9-10-13-17-20(22)18-14-11-12-15-19-21(16-4-2)26(23,24)25;/h20-22H,3-19H2,1-2H3,(H,23,24,25);/q;+1/p-1. The van der Waals surface area contributed by atoms with Gasteiger partial charge in [-0.1, -0.05) is 97.3 Å². The van der Waals surface area contributed by atoms with Gasteiger partial charge in [-0.25, -0.2) is 8.42 Å². The Balaban J connectivity index is 0. The maximum atomic E-state index is 11.2. The maximum Gasteiger partial charge on any atom is 1.00 e. The van der Waals surface area contributed by atoms with Crippen LogP contribution in [0.3, 0.4) is 0 Å². The van der Waals surface area contributed by atoms with Crippen molar-refractivity contribution in [2.24, 2.45) is 0 Å². The Morgan fingerprint density at radius 2 is 1.07 bits per heavy atom. The summed E-state index contributed by atoms with van der Waals surface area (Å²) >= 11 is 0. The van der Waals surface area contributed by atoms with E-state index in [0.29, 0.717) is 12.8 Å². The van der Waals surface area contributed by atoms with Gasteiger partial charge in [0.2, 0.25) is 0 Å². The van der Waals surface area contributed by atoms with Gasteiger partial charge >= 0.3 is 29.6 Å². The van der Waals surface area contributed by atoms with Crippen molar-refractivity contribution in [2.75, 3.05) is 0 Å². The molecule has 0 amide bonds. The Labute approximate surface area is 191 Å². The molecule has 0 fully saturated rings. The number of rotatable bonds is 19. The summed E-state index contributed by atoms with van der Waals surface area (Å²) in [5.74, 6) is 0. The van der Waals surface area contributed by atoms with Crippen LogP contribution < -0.4 is 29.6 Å². The van der Waals surface area contributed by atoms with Crippen LogP contribution in [0.15, 0.2) is 0 Å². The quantitative estimate of drug-likeness (QED) is 0.200. The van der Waals surface area contributed by atoms with Crippen molar-refractivity contribution in [1.29, 1.82) is 0 Å². The van der Waals surface area contributed by atoms with E-state index in [1.54, 1.807) is 0 Å². The third-order valence-corrected chi connectivity index (χ3v) is 6.51. The Morgan fingerprint density at radius 1 is 0.667 bits per heavy atom. The summed E-state index contributed by atoms with van der Waals surface area (Å²) in [6.45, 7) is 4.15. The molecule has 27 heavy (non-hydrogen) atoms. The van der Waals surface area contributed by atoms with E-state index in [2.05, 4.69) is 6.92 Å². The SMILES string of the molecule is CCCCCCCCCCC(O)CCCCCCC(CCC)S(=O)(=O)[O-].[Na+]. The van der Waals surface area contributed by atoms with E-state index < -0.39 is 15.4 Å². The van der Waals surface area contributed by atoms with Gasteiger partial charge in [0.25, 0.3) is 0 Å². The van der Waals surface area contributed by atoms with E-state index in [1.807, 2.05) is 6.92 Å². The van der Waals surface area contributed by atoms with Crippen molar-refractivity contribution < 1.29 is 47.6 Å². The van der Waals surface area contributed by atoms with Crippen molar-refractivity contribution >= 4 is 10.1 Å². The number of aliphatic hydroxyl groups excluding tert-OH is 1. The molecule has 0 rings (SSSR count). The van der Waals surface area contributed by atoms with Crippen molar-refractivity contribution in [3.8, 4) is 0 Å². The molecule has 2 atom stereocenters. The van der Waals surface area contributed by atoms with Gasteiger partial charge in [-0.2, -0.15) is 0 Å². The second kappa shape index (κ2) is 20.2. The van der Waals surface area contributed by atoms with E-state index in [-0.39, 0.29) is 35.7 Å². The normalized spacial score (nSPS) is 13.9. The van der Waals surface area contributed by atoms with E-state index in [4.69, 9.17) is 0 Å². The molecule has 0 aliphatic rings. The van der Waals surface area contributed by atoms with Crippen LogP contribution in [-0.4, -0.2) is 29.4 Å². The van der Waals surface area contributed by atoms with Gasteiger partial charge in [-0.15, -0.1) is 0 Å². The first-order valence-electron chi connectivity index (χ1n) is 11.0. The zero-order valence-corrected chi connectivity index (χ0v) is 21.1. The van der Waals surface area contributed by atoms with E-state index >= 15 is 0 Å². The van der Waals surface area contributed by atoms with Crippen LogP contribution in [0, 0.1) is 0 Å². The van der Waals surface area contributed by atoms with Crippen LogP contribution in [0.25, 0.3) is 0 Å². The molecule has 0 aliphatic heterocycles. The van der Waals surface area contributed by atoms with Gasteiger partial charge in [0, 0.05) is 5.25 Å². The van der Waals surface area contributed by atoms with Crippen LogP contribution in [0.4, 0.5) is 0 Å². The van der Waals surface area contributed by atoms with Gasteiger partial charge in [0.1, 0.15) is 0 Å². The average molecular weight is 415 g/mol. The van der Waals surface area contributed by atoms with E-state index in [0.717, 1.165) is 51.4 Å². The fourth-order valence-electron chi connectivity index (χ4n) is 3.52. The molecule has 0 aliphatic carbocycles. The molecule has 0 saturated heterocycles. The van der Waals surface area contributed by atoms with Crippen LogP contribution in [0.1, 0.15) is 123 Å². The second-order valence-corrected chi connectivity index (χ2v) is 9.46. The third-order valence-electron chi connectivity index (χ3n) is 5.22. The molecule has 0 saturated carbocycles. The molecule has 0 spiro atoms. The van der Waals surface area contributed by atoms with Crippen molar-refractivity contribution in [2.45, 2.75) is 134 Å². The summed E-state index contributed by atoms with van der Waals surface area (Å²) in [5.41, 5.74) is 0. The summed E-state index contributed by atoms with van der Waals surface area (Å²) in [4.78, 5) is 0. The third kappa shape index (κ3) is 19.9. The first-order chi connectivity index (χ1) is 12.4. The van der Waals surface area contributed by atoms with Gasteiger partial charge in [0.15, 0.2) is 0 Å². The van der Waals surface area contributed by atoms with Gasteiger partial charge in [-0.3, -0.25) is 0 Å². The molecule has 2 unspecified atom stereocenters. The fraction of sp³-hybridized carbons (Fsp3) is 1.00. The maximum absolute atomic E-state index is 11.2. The summed E-state index contributed by atoms with van der Waals surface area (Å²) in [6, 6.07) is 0. The van der Waals surface area contributed by atoms with Crippen molar-refractivity contribution in [3.63, 3.8) is 0 Å². The van der Waals surface area contributed by atoms with Crippen molar-refractivity contribution in [1.82, 2.24) is 0 Å². The van der Waals surface area contributed by atoms with Gasteiger partial charge in [-0.05, 0) is 25.7 Å². The Morgan fingerprint density at radius 3 is 1.48 bits per heavy atom. The Hall–Kier alpha value is 0.870. The molecule has 6 heteroatoms. The fourth-order valence-corrected chi connectivity index (χ4v) is 4.50. The first-order valence-corrected chi connectivity index (χ1v) is 12.5. The van der Waals surface area contributed by atoms with Crippen LogP contribution in [0.5, 0.6) is 0 Å². The molecule has 0 aromatic carbocycles. The molecule has 0 aromatic heterocycles. The van der Waals surface area contributed by atoms with Crippen LogP contribution in [0.2, 0.25) is 0 Å². The average Bonchev–Trinajstić information content (AvgIpc) is 2.58. The molecule has 0 bridgehead atoms. The zero-order valence-electron chi connectivity index (χ0n) is 18.3. The second-order valence-electron chi connectivity index (χ2n) is 7.81. The molecule has 158 valence electrons. The predicted molar refractivity (Wildman–Crippen MR) is 109 cm³/mol. The van der Waals surface area contributed by atoms with Gasteiger partial charge in [0.05, 0.1) is 16.2 Å². The van der Waals surface area contributed by atoms with E-state index in [1.165, 1.54) is 44.9 Å². The minimum absolute atomic E-state index is 0. The molecular formula is C21H43NaO4S. The van der Waals surface area contributed by atoms with Gasteiger partial charge < -0.3 is 9.66 Å². The predicted octanol–water partition coefficient (Wildman–Crippen LogP) is 2.94. The number of hydrogen-bond acceptors (Lipinski definition) is 4. The minimum atomic E-state index is -4.15. The molecule has 0 radical (unpaired) electrons. The summed E-state index contributed by atoms with van der Waals surface area (Å²) in [6.07, 6.45) is 17.3. The zero-order chi connectivity index (χ0) is 19.7. The molecule has 1 N–H and O–H groups in total. The minimum Gasteiger partial charge on any atom is -0.748 e. The molecule has 0 heterocycles. The Bertz CT molecular complexity index is 401. The number of unbranched alkanes of at least 4 members (excludes halogenated alkanes) is 10. The largest absolute Gasteiger partial charge is 1.00 e. The topological polar surface area (TPSA) is 77.4 Å². The summed E-state index contributed by atoms with van der Waals surface area (Å²) < 4.78 is 33.5. The smallest absolute Gasteiger partial charge is 0.748 e. The molecule has 4 nitrogen and oxygen atoms in total. The first kappa shape index (κ1) is 30.1. The van der Waals surface area contributed by atoms with Crippen LogP contribution in [-0.2, 0) is 10.1 Å². The number of hydrogen-bond donors (Lipinski definition) is 1. The Kier molecular flexibility index (Phi) is 22.4. The van der Waals surface area contributed by atoms with Crippen LogP contribution >= 0.6 is 0 Å². The number of aliphatic hydroxyl groups is 1. The molecular weight excluding hydrogens is 371 g/mol. The molecule has 0 aromatic rings. The van der Waals surface area contributed by atoms with Crippen molar-refractivity contribution in [3.05, 3.63) is 0 Å². The summed E-state index contributed by atoms with van der Waals surface area (Å²) in [7, 11) is -4.15. The monoisotopic (exact) mass is 414 g/mol.